The largest absolute Gasteiger partial charge is 0.496 e. The average molecular weight is 457 g/mol. The first kappa shape index (κ1) is 21.2. The van der Waals surface area contributed by atoms with E-state index in [0.717, 1.165) is 22.4 Å². The second kappa shape index (κ2) is 10.2. The zero-order chi connectivity index (χ0) is 17.5. The molecular weight excluding hydrogens is 432 g/mol. The van der Waals surface area contributed by atoms with Crippen molar-refractivity contribution < 1.29 is 9.13 Å². The maximum atomic E-state index is 13.6. The standard InChI is InChI=1S/C19H24FN3O.HI/c1-13-5-8-16(18(9-13)24-4)12-23-19(21-3)22-11-15-7-6-14(2)17(20)10-15;/h5-10H,11-12H2,1-4H3,(H2,21,22,23);1H. The van der Waals surface area contributed by atoms with Gasteiger partial charge in [-0.25, -0.2) is 4.39 Å². The van der Waals surface area contributed by atoms with Gasteiger partial charge in [-0.1, -0.05) is 24.3 Å². The minimum absolute atomic E-state index is 0. The van der Waals surface area contributed by atoms with Crippen LogP contribution < -0.4 is 15.4 Å². The van der Waals surface area contributed by atoms with Crippen molar-refractivity contribution in [2.75, 3.05) is 14.2 Å². The molecule has 0 aliphatic heterocycles. The fourth-order valence-corrected chi connectivity index (χ4v) is 2.33. The van der Waals surface area contributed by atoms with Crippen LogP contribution in [0.1, 0.15) is 22.3 Å². The molecule has 2 aromatic rings. The van der Waals surface area contributed by atoms with Crippen LogP contribution in [0.5, 0.6) is 5.75 Å². The Morgan fingerprint density at radius 1 is 1.08 bits per heavy atom. The number of aryl methyl sites for hydroxylation is 2. The first-order valence-corrected chi connectivity index (χ1v) is 7.86. The van der Waals surface area contributed by atoms with E-state index in [0.29, 0.717) is 24.6 Å². The minimum Gasteiger partial charge on any atom is -0.496 e. The predicted molar refractivity (Wildman–Crippen MR) is 111 cm³/mol. The fraction of sp³-hybridized carbons (Fsp3) is 0.316. The van der Waals surface area contributed by atoms with Gasteiger partial charge in [-0.3, -0.25) is 4.99 Å². The third kappa shape index (κ3) is 6.19. The van der Waals surface area contributed by atoms with Gasteiger partial charge in [-0.15, -0.1) is 24.0 Å². The summed E-state index contributed by atoms with van der Waals surface area (Å²) in [6.45, 7) is 4.87. The number of rotatable bonds is 5. The summed E-state index contributed by atoms with van der Waals surface area (Å²) in [5, 5.41) is 6.42. The number of hydrogen-bond donors (Lipinski definition) is 2. The summed E-state index contributed by atoms with van der Waals surface area (Å²) in [4.78, 5) is 4.19. The van der Waals surface area contributed by atoms with E-state index in [1.807, 2.05) is 31.2 Å². The van der Waals surface area contributed by atoms with Crippen LogP contribution in [-0.2, 0) is 13.1 Å². The summed E-state index contributed by atoms with van der Waals surface area (Å²) in [5.41, 5.74) is 3.72. The lowest BCUT2D eigenvalue weighted by Crippen LogP contribution is -2.36. The topological polar surface area (TPSA) is 45.7 Å². The lowest BCUT2D eigenvalue weighted by molar-refractivity contribution is 0.408. The Labute approximate surface area is 165 Å². The van der Waals surface area contributed by atoms with Crippen LogP contribution in [0.3, 0.4) is 0 Å². The predicted octanol–water partition coefficient (Wildman–Crippen LogP) is 3.93. The third-order valence-corrected chi connectivity index (χ3v) is 3.81. The van der Waals surface area contributed by atoms with Crippen LogP contribution in [0, 0.1) is 19.7 Å². The molecule has 6 heteroatoms. The quantitative estimate of drug-likeness (QED) is 0.407. The summed E-state index contributed by atoms with van der Waals surface area (Å²) in [6, 6.07) is 11.3. The molecule has 0 atom stereocenters. The molecular formula is C19H25FIN3O. The fourth-order valence-electron chi connectivity index (χ4n) is 2.33. The highest BCUT2D eigenvalue weighted by Crippen LogP contribution is 2.19. The first-order valence-electron chi connectivity index (χ1n) is 7.86. The lowest BCUT2D eigenvalue weighted by Gasteiger charge is -2.14. The van der Waals surface area contributed by atoms with Gasteiger partial charge in [0.25, 0.3) is 0 Å². The summed E-state index contributed by atoms with van der Waals surface area (Å²) in [7, 11) is 3.37. The van der Waals surface area contributed by atoms with E-state index in [1.54, 1.807) is 33.2 Å². The van der Waals surface area contributed by atoms with E-state index < -0.39 is 0 Å². The number of aliphatic imine (C=N–C) groups is 1. The Hall–Kier alpha value is -1.83. The maximum Gasteiger partial charge on any atom is 0.191 e. The van der Waals surface area contributed by atoms with E-state index in [2.05, 4.69) is 15.6 Å². The summed E-state index contributed by atoms with van der Waals surface area (Å²) < 4.78 is 19.0. The molecule has 0 bridgehead atoms. The van der Waals surface area contributed by atoms with Gasteiger partial charge in [0.1, 0.15) is 11.6 Å². The molecule has 25 heavy (non-hydrogen) atoms. The highest BCUT2D eigenvalue weighted by Gasteiger charge is 2.05. The Bertz CT molecular complexity index is 735. The van der Waals surface area contributed by atoms with Crippen LogP contribution in [0.15, 0.2) is 41.4 Å². The number of ether oxygens (including phenoxy) is 1. The number of methoxy groups -OCH3 is 1. The zero-order valence-corrected chi connectivity index (χ0v) is 17.4. The zero-order valence-electron chi connectivity index (χ0n) is 15.0. The molecule has 2 N–H and O–H groups in total. The molecule has 0 saturated heterocycles. The van der Waals surface area contributed by atoms with Crippen LogP contribution >= 0.6 is 24.0 Å². The van der Waals surface area contributed by atoms with Crippen molar-refractivity contribution in [1.29, 1.82) is 0 Å². The molecule has 136 valence electrons. The summed E-state index contributed by atoms with van der Waals surface area (Å²) >= 11 is 0. The van der Waals surface area contributed by atoms with Crippen molar-refractivity contribution in [3.8, 4) is 5.75 Å². The molecule has 0 aliphatic rings. The molecule has 0 heterocycles. The van der Waals surface area contributed by atoms with Gasteiger partial charge in [0.2, 0.25) is 0 Å². The summed E-state index contributed by atoms with van der Waals surface area (Å²) in [6.07, 6.45) is 0. The number of hydrogen-bond acceptors (Lipinski definition) is 2. The second-order valence-electron chi connectivity index (χ2n) is 5.68. The number of nitrogens with one attached hydrogen (secondary N) is 2. The smallest absolute Gasteiger partial charge is 0.191 e. The van der Waals surface area contributed by atoms with Crippen molar-refractivity contribution in [2.24, 2.45) is 4.99 Å². The maximum absolute atomic E-state index is 13.6. The van der Waals surface area contributed by atoms with Crippen LogP contribution in [0.4, 0.5) is 4.39 Å². The Morgan fingerprint density at radius 3 is 2.44 bits per heavy atom. The number of guanidine groups is 1. The number of benzene rings is 2. The molecule has 4 nitrogen and oxygen atoms in total. The van der Waals surface area contributed by atoms with Gasteiger partial charge in [-0.05, 0) is 42.7 Å². The van der Waals surface area contributed by atoms with Crippen LogP contribution in [0.2, 0.25) is 0 Å². The SMILES string of the molecule is CN=C(NCc1ccc(C)c(F)c1)NCc1ccc(C)cc1OC.I. The van der Waals surface area contributed by atoms with Crippen LogP contribution in [-0.4, -0.2) is 20.1 Å². The molecule has 0 fully saturated rings. The van der Waals surface area contributed by atoms with E-state index >= 15 is 0 Å². The van der Waals surface area contributed by atoms with Crippen molar-refractivity contribution in [3.63, 3.8) is 0 Å². The Morgan fingerprint density at radius 2 is 1.80 bits per heavy atom. The molecule has 2 aromatic carbocycles. The van der Waals surface area contributed by atoms with Gasteiger partial charge in [0, 0.05) is 25.7 Å². The Kier molecular flexibility index (Phi) is 8.68. The Balaban J connectivity index is 0.00000312. The van der Waals surface area contributed by atoms with Gasteiger partial charge in [-0.2, -0.15) is 0 Å². The van der Waals surface area contributed by atoms with E-state index in [4.69, 9.17) is 4.74 Å². The highest BCUT2D eigenvalue weighted by atomic mass is 127. The van der Waals surface area contributed by atoms with Gasteiger partial charge >= 0.3 is 0 Å². The van der Waals surface area contributed by atoms with Crippen molar-refractivity contribution in [1.82, 2.24) is 10.6 Å². The average Bonchev–Trinajstić information content (AvgIpc) is 2.58. The van der Waals surface area contributed by atoms with Crippen molar-refractivity contribution in [2.45, 2.75) is 26.9 Å². The minimum atomic E-state index is -0.193. The molecule has 0 aliphatic carbocycles. The molecule has 0 radical (unpaired) electrons. The third-order valence-electron chi connectivity index (χ3n) is 3.81. The van der Waals surface area contributed by atoms with Crippen LogP contribution in [0.25, 0.3) is 0 Å². The highest BCUT2D eigenvalue weighted by molar-refractivity contribution is 14.0. The number of nitrogens with zero attached hydrogens (tertiary/aromatic N) is 1. The van der Waals surface area contributed by atoms with Crippen molar-refractivity contribution in [3.05, 3.63) is 64.5 Å². The van der Waals surface area contributed by atoms with Crippen molar-refractivity contribution >= 4 is 29.9 Å². The summed E-state index contributed by atoms with van der Waals surface area (Å²) in [5.74, 6) is 1.30. The number of halogens is 2. The second-order valence-corrected chi connectivity index (χ2v) is 5.68. The van der Waals surface area contributed by atoms with Gasteiger partial charge in [0.15, 0.2) is 5.96 Å². The molecule has 0 aromatic heterocycles. The van der Waals surface area contributed by atoms with E-state index in [9.17, 15) is 4.39 Å². The molecule has 0 saturated carbocycles. The first-order chi connectivity index (χ1) is 11.5. The molecule has 0 amide bonds. The van der Waals surface area contributed by atoms with Gasteiger partial charge < -0.3 is 15.4 Å². The normalized spacial score (nSPS) is 10.8. The van der Waals surface area contributed by atoms with Gasteiger partial charge in [0.05, 0.1) is 7.11 Å². The van der Waals surface area contributed by atoms with E-state index in [-0.39, 0.29) is 29.8 Å². The molecule has 2 rings (SSSR count). The monoisotopic (exact) mass is 457 g/mol. The molecule has 0 unspecified atom stereocenters. The van der Waals surface area contributed by atoms with E-state index in [1.165, 1.54) is 0 Å². The lowest BCUT2D eigenvalue weighted by atomic mass is 10.1. The molecule has 0 spiro atoms.